The maximum atomic E-state index is 5.65. The van der Waals surface area contributed by atoms with Gasteiger partial charge in [-0.3, -0.25) is 4.90 Å². The summed E-state index contributed by atoms with van der Waals surface area (Å²) in [6.07, 6.45) is 1.18. The van der Waals surface area contributed by atoms with Crippen LogP contribution < -0.4 is 5.32 Å². The van der Waals surface area contributed by atoms with Crippen LogP contribution in [0.2, 0.25) is 0 Å². The summed E-state index contributed by atoms with van der Waals surface area (Å²) in [4.78, 5) is 2.51. The van der Waals surface area contributed by atoms with Crippen LogP contribution in [0, 0.1) is 0 Å². The Morgan fingerprint density at radius 3 is 2.86 bits per heavy atom. The molecule has 1 atom stereocenters. The lowest BCUT2D eigenvalue weighted by atomic mass is 9.91. The molecule has 1 heterocycles. The highest BCUT2D eigenvalue weighted by atomic mass is 16.5. The molecule has 21 heavy (non-hydrogen) atoms. The van der Waals surface area contributed by atoms with Crippen molar-refractivity contribution in [1.29, 1.82) is 0 Å². The lowest BCUT2D eigenvalue weighted by molar-refractivity contribution is 0.111. The first-order valence-electron chi connectivity index (χ1n) is 7.85. The molecule has 2 rings (SSSR count). The summed E-state index contributed by atoms with van der Waals surface area (Å²) < 4.78 is 5.65. The van der Waals surface area contributed by atoms with E-state index in [1.54, 1.807) is 0 Å². The van der Waals surface area contributed by atoms with E-state index in [2.05, 4.69) is 54.1 Å². The molecule has 0 amide bonds. The Kier molecular flexibility index (Phi) is 5.97. The summed E-state index contributed by atoms with van der Waals surface area (Å²) in [7, 11) is 0. The van der Waals surface area contributed by atoms with Gasteiger partial charge in [0.1, 0.15) is 0 Å². The summed E-state index contributed by atoms with van der Waals surface area (Å²) in [5.74, 6) is 0. The average Bonchev–Trinajstić information content (AvgIpc) is 2.67. The van der Waals surface area contributed by atoms with Crippen LogP contribution in [-0.4, -0.2) is 44.3 Å². The molecule has 0 saturated carbocycles. The molecule has 116 valence electrons. The quantitative estimate of drug-likeness (QED) is 0.643. The molecule has 1 aromatic rings. The molecule has 0 aromatic heterocycles. The monoisotopic (exact) mass is 288 g/mol. The number of hydrogen-bond donors (Lipinski definition) is 1. The van der Waals surface area contributed by atoms with Gasteiger partial charge in [-0.25, -0.2) is 0 Å². The van der Waals surface area contributed by atoms with Gasteiger partial charge in [-0.05, 0) is 38.9 Å². The zero-order valence-corrected chi connectivity index (χ0v) is 13.4. The zero-order valence-electron chi connectivity index (χ0n) is 13.4. The molecule has 1 aliphatic heterocycles. The van der Waals surface area contributed by atoms with Crippen LogP contribution in [-0.2, 0) is 10.3 Å². The van der Waals surface area contributed by atoms with E-state index in [1.165, 1.54) is 12.0 Å². The van der Waals surface area contributed by atoms with E-state index in [1.807, 2.05) is 6.92 Å². The Balaban J connectivity index is 1.93. The minimum Gasteiger partial charge on any atom is -0.376 e. The van der Waals surface area contributed by atoms with E-state index >= 15 is 0 Å². The highest BCUT2D eigenvalue weighted by Gasteiger charge is 2.30. The van der Waals surface area contributed by atoms with Crippen molar-refractivity contribution in [3.8, 4) is 0 Å². The zero-order chi connectivity index (χ0) is 15.1. The molecular formula is C18H28N2O. The molecule has 1 unspecified atom stereocenters. The highest BCUT2D eigenvalue weighted by Crippen LogP contribution is 2.23. The van der Waals surface area contributed by atoms with Gasteiger partial charge < -0.3 is 10.1 Å². The van der Waals surface area contributed by atoms with Crippen molar-refractivity contribution in [1.82, 2.24) is 10.2 Å². The van der Waals surface area contributed by atoms with Gasteiger partial charge >= 0.3 is 0 Å². The molecule has 3 heteroatoms. The molecule has 1 aromatic carbocycles. The number of ether oxygens (including phenoxy) is 1. The molecule has 1 saturated heterocycles. The standard InChI is InChI=1S/C18H28N2O/c1-16(2)14-21-13-12-20-11-7-10-19-18(3,15-20)17-8-5-4-6-9-17/h4-6,8-9,19H,1,7,10-15H2,2-3H3. The van der Waals surface area contributed by atoms with Crippen LogP contribution >= 0.6 is 0 Å². The van der Waals surface area contributed by atoms with E-state index in [9.17, 15) is 0 Å². The first-order chi connectivity index (χ1) is 10.1. The normalized spacial score (nSPS) is 23.7. The predicted octanol–water partition coefficient (Wildman–Crippen LogP) is 2.79. The molecule has 3 nitrogen and oxygen atoms in total. The molecule has 0 aliphatic carbocycles. The second kappa shape index (κ2) is 7.74. The molecule has 1 aliphatic rings. The Bertz CT molecular complexity index is 446. The Morgan fingerprint density at radius 1 is 1.38 bits per heavy atom. The van der Waals surface area contributed by atoms with Crippen molar-refractivity contribution < 1.29 is 4.74 Å². The van der Waals surface area contributed by atoms with Crippen LogP contribution in [0.3, 0.4) is 0 Å². The third kappa shape index (κ3) is 4.95. The summed E-state index contributed by atoms with van der Waals surface area (Å²) in [5.41, 5.74) is 2.47. The molecule has 1 N–H and O–H groups in total. The van der Waals surface area contributed by atoms with Crippen molar-refractivity contribution in [3.63, 3.8) is 0 Å². The fourth-order valence-electron chi connectivity index (χ4n) is 2.88. The van der Waals surface area contributed by atoms with Gasteiger partial charge in [0.2, 0.25) is 0 Å². The van der Waals surface area contributed by atoms with E-state index in [0.29, 0.717) is 6.61 Å². The van der Waals surface area contributed by atoms with Gasteiger partial charge in [0, 0.05) is 13.1 Å². The van der Waals surface area contributed by atoms with Crippen molar-refractivity contribution in [3.05, 3.63) is 48.0 Å². The van der Waals surface area contributed by atoms with E-state index < -0.39 is 0 Å². The topological polar surface area (TPSA) is 24.5 Å². The Labute approximate surface area is 129 Å². The number of hydrogen-bond acceptors (Lipinski definition) is 3. The largest absolute Gasteiger partial charge is 0.376 e. The highest BCUT2D eigenvalue weighted by molar-refractivity contribution is 5.24. The fourth-order valence-corrected chi connectivity index (χ4v) is 2.88. The first-order valence-corrected chi connectivity index (χ1v) is 7.85. The summed E-state index contributed by atoms with van der Waals surface area (Å²) in [6, 6.07) is 10.7. The summed E-state index contributed by atoms with van der Waals surface area (Å²) in [6.45, 7) is 13.8. The number of rotatable bonds is 6. The Morgan fingerprint density at radius 2 is 2.14 bits per heavy atom. The first kappa shape index (κ1) is 16.2. The van der Waals surface area contributed by atoms with Gasteiger partial charge in [0.25, 0.3) is 0 Å². The summed E-state index contributed by atoms with van der Waals surface area (Å²) >= 11 is 0. The number of benzene rings is 1. The van der Waals surface area contributed by atoms with Crippen molar-refractivity contribution in [2.24, 2.45) is 0 Å². The van der Waals surface area contributed by atoms with Crippen LogP contribution in [0.5, 0.6) is 0 Å². The minimum absolute atomic E-state index is 0.0200. The van der Waals surface area contributed by atoms with E-state index in [0.717, 1.165) is 38.4 Å². The van der Waals surface area contributed by atoms with Crippen molar-refractivity contribution in [2.45, 2.75) is 25.8 Å². The number of nitrogens with zero attached hydrogens (tertiary/aromatic N) is 1. The smallest absolute Gasteiger partial charge is 0.0672 e. The van der Waals surface area contributed by atoms with Crippen molar-refractivity contribution in [2.75, 3.05) is 39.4 Å². The second-order valence-corrected chi connectivity index (χ2v) is 6.26. The third-order valence-corrected chi connectivity index (χ3v) is 4.02. The van der Waals surface area contributed by atoms with Crippen molar-refractivity contribution >= 4 is 0 Å². The number of nitrogens with one attached hydrogen (secondary N) is 1. The molecule has 0 radical (unpaired) electrons. The molecule has 0 bridgehead atoms. The molecule has 1 fully saturated rings. The maximum Gasteiger partial charge on any atom is 0.0672 e. The molecule has 0 spiro atoms. The molecular weight excluding hydrogens is 260 g/mol. The van der Waals surface area contributed by atoms with Crippen LogP contribution in [0.15, 0.2) is 42.5 Å². The van der Waals surface area contributed by atoms with Crippen LogP contribution in [0.1, 0.15) is 25.8 Å². The van der Waals surface area contributed by atoms with Gasteiger partial charge in [0.15, 0.2) is 0 Å². The van der Waals surface area contributed by atoms with Crippen LogP contribution in [0.25, 0.3) is 0 Å². The van der Waals surface area contributed by atoms with Gasteiger partial charge in [-0.15, -0.1) is 0 Å². The lowest BCUT2D eigenvalue weighted by Gasteiger charge is -2.34. The third-order valence-electron chi connectivity index (χ3n) is 4.02. The lowest BCUT2D eigenvalue weighted by Crippen LogP contribution is -2.47. The van der Waals surface area contributed by atoms with Gasteiger partial charge in [-0.1, -0.05) is 42.5 Å². The maximum absolute atomic E-state index is 5.65. The second-order valence-electron chi connectivity index (χ2n) is 6.26. The average molecular weight is 288 g/mol. The Hall–Kier alpha value is -1.16. The minimum atomic E-state index is 0.0200. The van der Waals surface area contributed by atoms with Gasteiger partial charge in [0.05, 0.1) is 18.8 Å². The predicted molar refractivity (Wildman–Crippen MR) is 88.5 cm³/mol. The SMILES string of the molecule is C=C(C)COCCN1CCCNC(C)(c2ccccc2)C1. The van der Waals surface area contributed by atoms with Gasteiger partial charge in [-0.2, -0.15) is 0 Å². The van der Waals surface area contributed by atoms with E-state index in [-0.39, 0.29) is 5.54 Å². The van der Waals surface area contributed by atoms with Crippen LogP contribution in [0.4, 0.5) is 0 Å². The fraction of sp³-hybridized carbons (Fsp3) is 0.556. The summed E-state index contributed by atoms with van der Waals surface area (Å²) in [5, 5.41) is 3.72. The van der Waals surface area contributed by atoms with E-state index in [4.69, 9.17) is 4.74 Å².